The van der Waals surface area contributed by atoms with Crippen LogP contribution in [0.15, 0.2) is 18.2 Å². The number of benzene rings is 1. The third-order valence-electron chi connectivity index (χ3n) is 4.14. The molecule has 0 aromatic heterocycles. The molecule has 0 saturated carbocycles. The van der Waals surface area contributed by atoms with Crippen LogP contribution in [0.3, 0.4) is 0 Å². The lowest BCUT2D eigenvalue weighted by Gasteiger charge is -2.25. The number of rotatable bonds is 5. The molecule has 1 aromatic carbocycles. The molecule has 1 fully saturated rings. The summed E-state index contributed by atoms with van der Waals surface area (Å²) in [6, 6.07) is 5.01. The average Bonchev–Trinajstić information content (AvgIpc) is 2.83. The summed E-state index contributed by atoms with van der Waals surface area (Å²) in [4.78, 5) is 25.9. The fourth-order valence-electron chi connectivity index (χ4n) is 2.77. The van der Waals surface area contributed by atoms with Crippen LogP contribution in [0.4, 0.5) is 0 Å². The first-order valence-corrected chi connectivity index (χ1v) is 8.17. The fraction of sp³-hybridized carbons (Fsp3) is 0.556. The highest BCUT2D eigenvalue weighted by molar-refractivity contribution is 5.94. The number of carbonyl (C=O) groups is 2. The van der Waals surface area contributed by atoms with Gasteiger partial charge in [-0.15, -0.1) is 0 Å². The quantitative estimate of drug-likeness (QED) is 0.783. The van der Waals surface area contributed by atoms with Gasteiger partial charge in [0.05, 0.1) is 7.11 Å². The fourth-order valence-corrected chi connectivity index (χ4v) is 2.77. The summed E-state index contributed by atoms with van der Waals surface area (Å²) in [5.41, 5.74) is 0.556. The molecule has 1 amide bonds. The zero-order chi connectivity index (χ0) is 16.8. The minimum Gasteiger partial charge on any atom is -0.493 e. The Bertz CT molecular complexity index is 562. The predicted molar refractivity (Wildman–Crippen MR) is 88.1 cm³/mol. The number of amides is 1. The predicted octanol–water partition coefficient (Wildman–Crippen LogP) is 3.07. The van der Waals surface area contributed by atoms with Crippen molar-refractivity contribution in [1.82, 2.24) is 4.90 Å². The van der Waals surface area contributed by atoms with Crippen molar-refractivity contribution in [2.75, 3.05) is 20.2 Å². The van der Waals surface area contributed by atoms with Gasteiger partial charge in [0.25, 0.3) is 5.91 Å². The number of nitrogens with zero attached hydrogens (tertiary/aromatic N) is 1. The normalized spacial score (nSPS) is 16.4. The second kappa shape index (κ2) is 7.99. The van der Waals surface area contributed by atoms with E-state index in [2.05, 4.69) is 0 Å². The van der Waals surface area contributed by atoms with Crippen LogP contribution in [0, 0.1) is 0 Å². The monoisotopic (exact) mass is 319 g/mol. The molecule has 0 N–H and O–H groups in total. The molecule has 1 heterocycles. The summed E-state index contributed by atoms with van der Waals surface area (Å²) in [5.74, 6) is 0.912. The van der Waals surface area contributed by atoms with Gasteiger partial charge in [-0.05, 0) is 44.9 Å². The van der Waals surface area contributed by atoms with Crippen molar-refractivity contribution in [2.45, 2.75) is 45.6 Å². The van der Waals surface area contributed by atoms with Gasteiger partial charge in [-0.1, -0.05) is 12.8 Å². The first-order chi connectivity index (χ1) is 11.0. The van der Waals surface area contributed by atoms with Crippen molar-refractivity contribution >= 4 is 11.7 Å². The van der Waals surface area contributed by atoms with E-state index in [4.69, 9.17) is 9.47 Å². The van der Waals surface area contributed by atoms with Gasteiger partial charge in [0, 0.05) is 18.7 Å². The smallest absolute Gasteiger partial charge is 0.263 e. The number of ether oxygens (including phenoxy) is 2. The van der Waals surface area contributed by atoms with Gasteiger partial charge in [0.15, 0.2) is 23.4 Å². The van der Waals surface area contributed by atoms with Crippen LogP contribution >= 0.6 is 0 Å². The molecular formula is C18H25NO4. The lowest BCUT2D eigenvalue weighted by atomic mass is 10.1. The molecule has 0 spiro atoms. The van der Waals surface area contributed by atoms with Crippen LogP contribution < -0.4 is 9.47 Å². The highest BCUT2D eigenvalue weighted by atomic mass is 16.5. The van der Waals surface area contributed by atoms with Crippen LogP contribution in [0.1, 0.15) is 49.9 Å². The summed E-state index contributed by atoms with van der Waals surface area (Å²) in [5, 5.41) is 0. The van der Waals surface area contributed by atoms with E-state index in [-0.39, 0.29) is 11.7 Å². The van der Waals surface area contributed by atoms with Crippen LogP contribution in [0.25, 0.3) is 0 Å². The maximum atomic E-state index is 12.5. The summed E-state index contributed by atoms with van der Waals surface area (Å²) < 4.78 is 11.1. The Hall–Kier alpha value is -2.04. The Kier molecular flexibility index (Phi) is 6.02. The van der Waals surface area contributed by atoms with E-state index in [0.717, 1.165) is 25.9 Å². The molecular weight excluding hydrogens is 294 g/mol. The van der Waals surface area contributed by atoms with Crippen molar-refractivity contribution in [2.24, 2.45) is 0 Å². The number of Topliss-reactive ketones (excluding diaryl/α,β-unsaturated/α-hetero) is 1. The first kappa shape index (κ1) is 17.3. The summed E-state index contributed by atoms with van der Waals surface area (Å²) in [6.45, 7) is 4.85. The van der Waals surface area contributed by atoms with E-state index in [1.807, 2.05) is 4.90 Å². The molecule has 1 aromatic rings. The van der Waals surface area contributed by atoms with Crippen molar-refractivity contribution in [1.29, 1.82) is 0 Å². The third kappa shape index (κ3) is 4.47. The summed E-state index contributed by atoms with van der Waals surface area (Å²) in [7, 11) is 1.52. The van der Waals surface area contributed by atoms with Crippen LogP contribution in [-0.2, 0) is 4.79 Å². The topological polar surface area (TPSA) is 55.8 Å². The number of likely N-dealkylation sites (tertiary alicyclic amines) is 1. The van der Waals surface area contributed by atoms with E-state index in [1.54, 1.807) is 25.1 Å². The second-order valence-electron chi connectivity index (χ2n) is 5.92. The molecule has 1 aliphatic heterocycles. The van der Waals surface area contributed by atoms with E-state index >= 15 is 0 Å². The highest BCUT2D eigenvalue weighted by Gasteiger charge is 2.24. The van der Waals surface area contributed by atoms with Gasteiger partial charge in [0.2, 0.25) is 0 Å². The molecule has 2 rings (SSSR count). The molecule has 0 radical (unpaired) electrons. The Morgan fingerprint density at radius 1 is 1.09 bits per heavy atom. The van der Waals surface area contributed by atoms with E-state index < -0.39 is 6.10 Å². The van der Waals surface area contributed by atoms with Crippen molar-refractivity contribution in [3.63, 3.8) is 0 Å². The Morgan fingerprint density at radius 3 is 2.30 bits per heavy atom. The highest BCUT2D eigenvalue weighted by Crippen LogP contribution is 2.29. The minimum atomic E-state index is -0.579. The Morgan fingerprint density at radius 2 is 1.74 bits per heavy atom. The van der Waals surface area contributed by atoms with Crippen LogP contribution in [0.5, 0.6) is 11.5 Å². The SMILES string of the molecule is COc1cc(C(C)=O)ccc1O[C@@H](C)C(=O)N1CCCCCC1. The number of ketones is 1. The number of hydrogen-bond acceptors (Lipinski definition) is 4. The number of hydrogen-bond donors (Lipinski definition) is 0. The number of methoxy groups -OCH3 is 1. The molecule has 126 valence electrons. The molecule has 5 heteroatoms. The van der Waals surface area contributed by atoms with E-state index in [0.29, 0.717) is 17.1 Å². The molecule has 0 aliphatic carbocycles. The molecule has 5 nitrogen and oxygen atoms in total. The lowest BCUT2D eigenvalue weighted by Crippen LogP contribution is -2.41. The van der Waals surface area contributed by atoms with E-state index in [9.17, 15) is 9.59 Å². The summed E-state index contributed by atoms with van der Waals surface area (Å²) >= 11 is 0. The van der Waals surface area contributed by atoms with Crippen molar-refractivity contribution in [3.05, 3.63) is 23.8 Å². The second-order valence-corrected chi connectivity index (χ2v) is 5.92. The Balaban J connectivity index is 2.08. The summed E-state index contributed by atoms with van der Waals surface area (Å²) in [6.07, 6.45) is 3.88. The largest absolute Gasteiger partial charge is 0.493 e. The van der Waals surface area contributed by atoms with Gasteiger partial charge in [-0.2, -0.15) is 0 Å². The lowest BCUT2D eigenvalue weighted by molar-refractivity contribution is -0.137. The molecule has 1 aliphatic rings. The van der Waals surface area contributed by atoms with Gasteiger partial charge in [0.1, 0.15) is 0 Å². The molecule has 1 atom stereocenters. The minimum absolute atomic E-state index is 0.00426. The Labute approximate surface area is 137 Å². The third-order valence-corrected chi connectivity index (χ3v) is 4.14. The van der Waals surface area contributed by atoms with Crippen molar-refractivity contribution in [3.8, 4) is 11.5 Å². The maximum absolute atomic E-state index is 12.5. The van der Waals surface area contributed by atoms with Gasteiger partial charge in [-0.25, -0.2) is 0 Å². The zero-order valence-electron chi connectivity index (χ0n) is 14.1. The van der Waals surface area contributed by atoms with Crippen LogP contribution in [0.2, 0.25) is 0 Å². The van der Waals surface area contributed by atoms with Crippen molar-refractivity contribution < 1.29 is 19.1 Å². The number of carbonyl (C=O) groups excluding carboxylic acids is 2. The molecule has 0 unspecified atom stereocenters. The molecule has 0 bridgehead atoms. The van der Waals surface area contributed by atoms with Crippen LogP contribution in [-0.4, -0.2) is 42.9 Å². The standard InChI is InChI=1S/C18H25NO4/c1-13(20)15-8-9-16(17(12-15)22-3)23-14(2)18(21)19-10-6-4-5-7-11-19/h8-9,12,14H,4-7,10-11H2,1-3H3/t14-/m0/s1. The zero-order valence-corrected chi connectivity index (χ0v) is 14.1. The van der Waals surface area contributed by atoms with Gasteiger partial charge in [-0.3, -0.25) is 9.59 Å². The van der Waals surface area contributed by atoms with Gasteiger partial charge >= 0.3 is 0 Å². The first-order valence-electron chi connectivity index (χ1n) is 8.17. The molecule has 1 saturated heterocycles. The maximum Gasteiger partial charge on any atom is 0.263 e. The van der Waals surface area contributed by atoms with Gasteiger partial charge < -0.3 is 14.4 Å². The van der Waals surface area contributed by atoms with E-state index in [1.165, 1.54) is 26.9 Å². The average molecular weight is 319 g/mol. The molecule has 23 heavy (non-hydrogen) atoms.